The summed E-state index contributed by atoms with van der Waals surface area (Å²) in [5.41, 5.74) is 8.12. The van der Waals surface area contributed by atoms with E-state index in [4.69, 9.17) is 0 Å². The largest absolute Gasteiger partial charge is 0.289 e. The molecule has 1 aliphatic rings. The van der Waals surface area contributed by atoms with Gasteiger partial charge in [0.2, 0.25) is 0 Å². The number of nitrogens with zero attached hydrogens (tertiary/aromatic N) is 2. The Morgan fingerprint density at radius 2 is 1.96 bits per heavy atom. The molecule has 0 atom stereocenters. The summed E-state index contributed by atoms with van der Waals surface area (Å²) in [5, 5.41) is 11.3. The van der Waals surface area contributed by atoms with Crippen LogP contribution in [0.2, 0.25) is 0 Å². The SMILES string of the molecule is O=C(NN=Cc1ccccc1Br)c1[nH]nc2c1CCc1ccccc1-2. The Bertz CT molecular complexity index is 977. The van der Waals surface area contributed by atoms with Gasteiger partial charge in [-0.3, -0.25) is 9.89 Å². The van der Waals surface area contributed by atoms with Gasteiger partial charge in [0, 0.05) is 21.2 Å². The summed E-state index contributed by atoms with van der Waals surface area (Å²) >= 11 is 3.45. The standard InChI is InChI=1S/C19H15BrN4O/c20-16-8-4-2-6-13(16)11-21-24-19(25)18-15-10-9-12-5-1-3-7-14(12)17(15)22-23-18/h1-8,11H,9-10H2,(H,22,23)(H,24,25). The molecule has 1 aliphatic carbocycles. The molecule has 1 amide bonds. The van der Waals surface area contributed by atoms with Crippen molar-refractivity contribution in [2.45, 2.75) is 12.8 Å². The molecule has 6 heteroatoms. The predicted molar refractivity (Wildman–Crippen MR) is 101 cm³/mol. The van der Waals surface area contributed by atoms with E-state index in [2.05, 4.69) is 42.7 Å². The first-order valence-electron chi connectivity index (χ1n) is 7.97. The lowest BCUT2D eigenvalue weighted by atomic mass is 9.89. The van der Waals surface area contributed by atoms with Gasteiger partial charge in [0.05, 0.1) is 11.9 Å². The Hall–Kier alpha value is -2.73. The number of hydrazone groups is 1. The Morgan fingerprint density at radius 3 is 2.84 bits per heavy atom. The molecular weight excluding hydrogens is 380 g/mol. The summed E-state index contributed by atoms with van der Waals surface area (Å²) in [6.45, 7) is 0. The van der Waals surface area contributed by atoms with Gasteiger partial charge in [-0.25, -0.2) is 5.43 Å². The van der Waals surface area contributed by atoms with E-state index in [0.717, 1.165) is 39.7 Å². The molecule has 0 unspecified atom stereocenters. The Kier molecular flexibility index (Phi) is 4.19. The van der Waals surface area contributed by atoms with Gasteiger partial charge in [-0.1, -0.05) is 58.4 Å². The highest BCUT2D eigenvalue weighted by atomic mass is 79.9. The van der Waals surface area contributed by atoms with Crippen LogP contribution in [0.5, 0.6) is 0 Å². The van der Waals surface area contributed by atoms with Crippen molar-refractivity contribution in [3.8, 4) is 11.3 Å². The number of aromatic amines is 1. The van der Waals surface area contributed by atoms with E-state index in [1.807, 2.05) is 42.5 Å². The average Bonchev–Trinajstić information content (AvgIpc) is 3.08. The van der Waals surface area contributed by atoms with E-state index < -0.39 is 0 Å². The van der Waals surface area contributed by atoms with E-state index in [1.54, 1.807) is 6.21 Å². The van der Waals surface area contributed by atoms with Crippen molar-refractivity contribution >= 4 is 28.1 Å². The highest BCUT2D eigenvalue weighted by molar-refractivity contribution is 9.10. The fraction of sp³-hybridized carbons (Fsp3) is 0.105. The van der Waals surface area contributed by atoms with Gasteiger partial charge in [-0.05, 0) is 24.5 Å². The van der Waals surface area contributed by atoms with E-state index in [1.165, 1.54) is 5.56 Å². The number of benzene rings is 2. The number of hydrogen-bond acceptors (Lipinski definition) is 3. The second-order valence-corrected chi connectivity index (χ2v) is 6.66. The van der Waals surface area contributed by atoms with E-state index in [9.17, 15) is 4.79 Å². The van der Waals surface area contributed by atoms with Gasteiger partial charge in [-0.15, -0.1) is 0 Å². The number of carbonyl (C=O) groups excluding carboxylic acids is 1. The van der Waals surface area contributed by atoms with Crippen molar-refractivity contribution < 1.29 is 4.79 Å². The number of amides is 1. The molecule has 0 bridgehead atoms. The van der Waals surface area contributed by atoms with Gasteiger partial charge in [0.1, 0.15) is 5.69 Å². The molecule has 4 rings (SSSR count). The van der Waals surface area contributed by atoms with E-state index in [-0.39, 0.29) is 5.91 Å². The second kappa shape index (κ2) is 6.64. The minimum absolute atomic E-state index is 0.281. The van der Waals surface area contributed by atoms with Crippen LogP contribution in [0.4, 0.5) is 0 Å². The second-order valence-electron chi connectivity index (χ2n) is 5.80. The normalized spacial score (nSPS) is 12.7. The zero-order chi connectivity index (χ0) is 17.2. The number of halogens is 1. The quantitative estimate of drug-likeness (QED) is 0.525. The third-order valence-corrected chi connectivity index (χ3v) is 5.01. The molecule has 2 N–H and O–H groups in total. The number of nitrogens with one attached hydrogen (secondary N) is 2. The maximum atomic E-state index is 12.5. The Labute approximate surface area is 153 Å². The minimum Gasteiger partial charge on any atom is -0.272 e. The van der Waals surface area contributed by atoms with Crippen molar-refractivity contribution in [2.24, 2.45) is 5.10 Å². The van der Waals surface area contributed by atoms with Gasteiger partial charge < -0.3 is 0 Å². The number of fused-ring (bicyclic) bond motifs is 3. The average molecular weight is 395 g/mol. The molecule has 0 fully saturated rings. The van der Waals surface area contributed by atoms with Crippen LogP contribution in [0, 0.1) is 0 Å². The lowest BCUT2D eigenvalue weighted by molar-refractivity contribution is 0.0949. The third kappa shape index (κ3) is 3.00. The van der Waals surface area contributed by atoms with Crippen molar-refractivity contribution in [3.05, 3.63) is 75.4 Å². The van der Waals surface area contributed by atoms with Crippen LogP contribution < -0.4 is 5.43 Å². The van der Waals surface area contributed by atoms with Crippen molar-refractivity contribution in [3.63, 3.8) is 0 Å². The fourth-order valence-electron chi connectivity index (χ4n) is 3.04. The number of H-pyrrole nitrogens is 1. The van der Waals surface area contributed by atoms with Crippen LogP contribution >= 0.6 is 15.9 Å². The molecule has 0 saturated heterocycles. The third-order valence-electron chi connectivity index (χ3n) is 4.29. The topological polar surface area (TPSA) is 70.1 Å². The highest BCUT2D eigenvalue weighted by Crippen LogP contribution is 2.33. The van der Waals surface area contributed by atoms with Crippen LogP contribution in [0.25, 0.3) is 11.3 Å². The molecule has 0 aliphatic heterocycles. The van der Waals surface area contributed by atoms with Crippen molar-refractivity contribution in [1.82, 2.24) is 15.6 Å². The zero-order valence-electron chi connectivity index (χ0n) is 13.3. The van der Waals surface area contributed by atoms with Crippen LogP contribution in [0.3, 0.4) is 0 Å². The highest BCUT2D eigenvalue weighted by Gasteiger charge is 2.24. The molecule has 0 radical (unpaired) electrons. The maximum absolute atomic E-state index is 12.5. The first-order chi connectivity index (χ1) is 12.2. The number of aryl methyl sites for hydroxylation is 1. The first-order valence-corrected chi connectivity index (χ1v) is 8.77. The van der Waals surface area contributed by atoms with Crippen LogP contribution in [0.15, 0.2) is 58.1 Å². The fourth-order valence-corrected chi connectivity index (χ4v) is 3.43. The number of hydrogen-bond donors (Lipinski definition) is 2. The molecule has 124 valence electrons. The molecule has 0 spiro atoms. The van der Waals surface area contributed by atoms with Gasteiger partial charge in [0.15, 0.2) is 0 Å². The molecule has 25 heavy (non-hydrogen) atoms. The van der Waals surface area contributed by atoms with Gasteiger partial charge in [0.25, 0.3) is 5.91 Å². The molecule has 1 aromatic heterocycles. The first kappa shape index (κ1) is 15.8. The summed E-state index contributed by atoms with van der Waals surface area (Å²) in [5.74, 6) is -0.281. The molecule has 0 saturated carbocycles. The van der Waals surface area contributed by atoms with Crippen molar-refractivity contribution in [2.75, 3.05) is 0 Å². The van der Waals surface area contributed by atoms with Gasteiger partial charge >= 0.3 is 0 Å². The van der Waals surface area contributed by atoms with Gasteiger partial charge in [-0.2, -0.15) is 10.2 Å². The van der Waals surface area contributed by atoms with E-state index >= 15 is 0 Å². The summed E-state index contributed by atoms with van der Waals surface area (Å²) in [7, 11) is 0. The lowest BCUT2D eigenvalue weighted by Crippen LogP contribution is -2.20. The maximum Gasteiger partial charge on any atom is 0.289 e. The zero-order valence-corrected chi connectivity index (χ0v) is 14.9. The summed E-state index contributed by atoms with van der Waals surface area (Å²) in [6.07, 6.45) is 3.31. The summed E-state index contributed by atoms with van der Waals surface area (Å²) in [4.78, 5) is 12.5. The Balaban J connectivity index is 1.55. The van der Waals surface area contributed by atoms with E-state index in [0.29, 0.717) is 5.69 Å². The van der Waals surface area contributed by atoms with Crippen LogP contribution in [0.1, 0.15) is 27.2 Å². The molecule has 2 aromatic carbocycles. The molecular formula is C19H15BrN4O. The summed E-state index contributed by atoms with van der Waals surface area (Å²) < 4.78 is 0.920. The summed E-state index contributed by atoms with van der Waals surface area (Å²) in [6, 6.07) is 15.8. The number of carbonyl (C=O) groups is 1. The lowest BCUT2D eigenvalue weighted by Gasteiger charge is -2.15. The Morgan fingerprint density at radius 1 is 1.16 bits per heavy atom. The van der Waals surface area contributed by atoms with Crippen molar-refractivity contribution in [1.29, 1.82) is 0 Å². The predicted octanol–water partition coefficient (Wildman–Crippen LogP) is 3.70. The molecule has 3 aromatic rings. The van der Waals surface area contributed by atoms with Crippen LogP contribution in [-0.2, 0) is 12.8 Å². The minimum atomic E-state index is -0.281. The van der Waals surface area contributed by atoms with Crippen LogP contribution in [-0.4, -0.2) is 22.3 Å². The molecule has 1 heterocycles. The monoisotopic (exact) mass is 394 g/mol. The molecule has 5 nitrogen and oxygen atoms in total. The number of rotatable bonds is 3. The smallest absolute Gasteiger partial charge is 0.272 e. The number of aromatic nitrogens is 2.